The van der Waals surface area contributed by atoms with Gasteiger partial charge in [-0.3, -0.25) is 9.69 Å². The molecule has 2 fully saturated rings. The molecule has 0 unspecified atom stereocenters. The van der Waals surface area contributed by atoms with Crippen LogP contribution in [0.1, 0.15) is 36.0 Å². The Kier molecular flexibility index (Phi) is 4.25. The van der Waals surface area contributed by atoms with Crippen LogP contribution in [0.5, 0.6) is 0 Å². The molecule has 2 aliphatic rings. The molecule has 7 nitrogen and oxygen atoms in total. The highest BCUT2D eigenvalue weighted by Gasteiger charge is 2.29. The number of likely N-dealkylation sites (tertiary alicyclic amines) is 2. The first kappa shape index (κ1) is 15.3. The molecule has 0 radical (unpaired) electrons. The summed E-state index contributed by atoms with van der Waals surface area (Å²) in [6.07, 6.45) is 6.44. The topological polar surface area (TPSA) is 67.2 Å². The summed E-state index contributed by atoms with van der Waals surface area (Å²) in [6, 6.07) is 8.01. The molecule has 0 spiro atoms. The van der Waals surface area contributed by atoms with Gasteiger partial charge in [0, 0.05) is 24.7 Å². The Morgan fingerprint density at radius 1 is 1.04 bits per heavy atom. The maximum absolute atomic E-state index is 12.8. The molecule has 1 aromatic heterocycles. The fraction of sp³-hybridized carbons (Fsp3) is 0.529. The van der Waals surface area contributed by atoms with Crippen molar-refractivity contribution in [2.24, 2.45) is 0 Å². The van der Waals surface area contributed by atoms with Crippen LogP contribution in [0.25, 0.3) is 5.69 Å². The standard InChI is InChI=1S/C17H22N6O/c24-17(14-5-7-15(8-6-14)23-13-18-19-20-23)22-11-3-4-16(12-22)21-9-1-2-10-21/h5-8,13,16H,1-4,9-12H2/t16-/m1/s1. The van der Waals surface area contributed by atoms with Crippen molar-refractivity contribution in [3.8, 4) is 5.69 Å². The zero-order valence-corrected chi connectivity index (χ0v) is 13.7. The molecule has 2 aliphatic heterocycles. The first-order valence-corrected chi connectivity index (χ1v) is 8.68. The Hall–Kier alpha value is -2.28. The van der Waals surface area contributed by atoms with Crippen LogP contribution >= 0.6 is 0 Å². The summed E-state index contributed by atoms with van der Waals surface area (Å²) in [5, 5.41) is 11.1. The molecular weight excluding hydrogens is 304 g/mol. The number of hydrogen-bond donors (Lipinski definition) is 0. The van der Waals surface area contributed by atoms with Crippen LogP contribution in [-0.4, -0.2) is 68.1 Å². The van der Waals surface area contributed by atoms with Crippen molar-refractivity contribution in [3.05, 3.63) is 36.2 Å². The van der Waals surface area contributed by atoms with E-state index < -0.39 is 0 Å². The molecule has 0 saturated carbocycles. The van der Waals surface area contributed by atoms with Gasteiger partial charge >= 0.3 is 0 Å². The van der Waals surface area contributed by atoms with Crippen LogP contribution in [0.3, 0.4) is 0 Å². The number of tetrazole rings is 1. The maximum atomic E-state index is 12.8. The van der Waals surface area contributed by atoms with Crippen molar-refractivity contribution in [3.63, 3.8) is 0 Å². The van der Waals surface area contributed by atoms with Crippen molar-refractivity contribution in [2.45, 2.75) is 31.7 Å². The zero-order chi connectivity index (χ0) is 16.4. The Morgan fingerprint density at radius 3 is 2.54 bits per heavy atom. The number of piperidine rings is 1. The quantitative estimate of drug-likeness (QED) is 0.852. The first-order chi connectivity index (χ1) is 11.8. The first-order valence-electron chi connectivity index (χ1n) is 8.68. The van der Waals surface area contributed by atoms with Crippen LogP contribution in [0.2, 0.25) is 0 Å². The monoisotopic (exact) mass is 326 g/mol. The average Bonchev–Trinajstić information content (AvgIpc) is 3.35. The van der Waals surface area contributed by atoms with E-state index >= 15 is 0 Å². The predicted octanol–water partition coefficient (Wildman–Crippen LogP) is 1.36. The second kappa shape index (κ2) is 6.68. The van der Waals surface area contributed by atoms with Gasteiger partial charge in [-0.05, 0) is 73.5 Å². The summed E-state index contributed by atoms with van der Waals surface area (Å²) in [5.41, 5.74) is 1.58. The van der Waals surface area contributed by atoms with E-state index in [1.807, 2.05) is 29.2 Å². The molecule has 1 aromatic carbocycles. The minimum atomic E-state index is 0.127. The van der Waals surface area contributed by atoms with Crippen LogP contribution in [0, 0.1) is 0 Å². The molecule has 7 heteroatoms. The number of benzene rings is 1. The summed E-state index contributed by atoms with van der Waals surface area (Å²) in [6.45, 7) is 4.09. The number of carbonyl (C=O) groups is 1. The van der Waals surface area contributed by atoms with Gasteiger partial charge in [-0.2, -0.15) is 0 Å². The van der Waals surface area contributed by atoms with E-state index in [0.29, 0.717) is 6.04 Å². The Balaban J connectivity index is 1.44. The van der Waals surface area contributed by atoms with Crippen molar-refractivity contribution >= 4 is 5.91 Å². The Labute approximate surface area is 141 Å². The van der Waals surface area contributed by atoms with Crippen LogP contribution < -0.4 is 0 Å². The summed E-state index contributed by atoms with van der Waals surface area (Å²) < 4.78 is 1.58. The maximum Gasteiger partial charge on any atom is 0.253 e. The molecule has 1 amide bonds. The van der Waals surface area contributed by atoms with Gasteiger partial charge in [0.1, 0.15) is 6.33 Å². The molecule has 126 valence electrons. The minimum absolute atomic E-state index is 0.127. The Bertz CT molecular complexity index is 678. The van der Waals surface area contributed by atoms with Gasteiger partial charge in [0.15, 0.2) is 0 Å². The lowest BCUT2D eigenvalue weighted by Gasteiger charge is -2.37. The number of rotatable bonds is 3. The molecule has 1 atom stereocenters. The molecule has 3 heterocycles. The number of nitrogens with zero attached hydrogens (tertiary/aromatic N) is 6. The Morgan fingerprint density at radius 2 is 1.83 bits per heavy atom. The van der Waals surface area contributed by atoms with Gasteiger partial charge in [0.25, 0.3) is 5.91 Å². The van der Waals surface area contributed by atoms with Crippen molar-refractivity contribution in [2.75, 3.05) is 26.2 Å². The second-order valence-corrected chi connectivity index (χ2v) is 6.59. The third-order valence-corrected chi connectivity index (χ3v) is 5.07. The zero-order valence-electron chi connectivity index (χ0n) is 13.7. The summed E-state index contributed by atoms with van der Waals surface area (Å²) in [4.78, 5) is 17.4. The normalized spacial score (nSPS) is 22.0. The third-order valence-electron chi connectivity index (χ3n) is 5.07. The van der Waals surface area contributed by atoms with Crippen LogP contribution in [-0.2, 0) is 0 Å². The van der Waals surface area contributed by atoms with E-state index in [1.165, 1.54) is 32.4 Å². The lowest BCUT2D eigenvalue weighted by molar-refractivity contribution is 0.0608. The molecule has 0 bridgehead atoms. The van der Waals surface area contributed by atoms with Crippen LogP contribution in [0.15, 0.2) is 30.6 Å². The summed E-state index contributed by atoms with van der Waals surface area (Å²) in [7, 11) is 0. The predicted molar refractivity (Wildman–Crippen MR) is 88.9 cm³/mol. The summed E-state index contributed by atoms with van der Waals surface area (Å²) in [5.74, 6) is 0.127. The molecule has 24 heavy (non-hydrogen) atoms. The largest absolute Gasteiger partial charge is 0.337 e. The average molecular weight is 326 g/mol. The van der Waals surface area contributed by atoms with Gasteiger partial charge in [0.05, 0.1) is 5.69 Å². The lowest BCUT2D eigenvalue weighted by Crippen LogP contribution is -2.48. The van der Waals surface area contributed by atoms with Gasteiger partial charge in [0.2, 0.25) is 0 Å². The van der Waals surface area contributed by atoms with Crippen molar-refractivity contribution in [1.82, 2.24) is 30.0 Å². The van der Waals surface area contributed by atoms with Gasteiger partial charge < -0.3 is 4.90 Å². The summed E-state index contributed by atoms with van der Waals surface area (Å²) >= 11 is 0. The molecule has 2 aromatic rings. The number of carbonyl (C=O) groups excluding carboxylic acids is 1. The molecule has 0 aliphatic carbocycles. The van der Waals surface area contributed by atoms with E-state index in [2.05, 4.69) is 20.4 Å². The molecule has 4 rings (SSSR count). The minimum Gasteiger partial charge on any atom is -0.337 e. The SMILES string of the molecule is O=C(c1ccc(-n2cnnn2)cc1)N1CCC[C@@H](N2CCCC2)C1. The van der Waals surface area contributed by atoms with E-state index in [1.54, 1.807) is 11.0 Å². The molecular formula is C17H22N6O. The van der Waals surface area contributed by atoms with E-state index in [0.717, 1.165) is 30.8 Å². The number of hydrogen-bond acceptors (Lipinski definition) is 5. The highest BCUT2D eigenvalue weighted by atomic mass is 16.2. The number of aromatic nitrogens is 4. The molecule has 0 N–H and O–H groups in total. The third kappa shape index (κ3) is 3.03. The van der Waals surface area contributed by atoms with E-state index in [9.17, 15) is 4.79 Å². The van der Waals surface area contributed by atoms with E-state index in [4.69, 9.17) is 0 Å². The van der Waals surface area contributed by atoms with Crippen molar-refractivity contribution in [1.29, 1.82) is 0 Å². The number of amides is 1. The second-order valence-electron chi connectivity index (χ2n) is 6.59. The molecule has 2 saturated heterocycles. The van der Waals surface area contributed by atoms with Gasteiger partial charge in [-0.15, -0.1) is 5.10 Å². The van der Waals surface area contributed by atoms with Gasteiger partial charge in [-0.25, -0.2) is 4.68 Å². The van der Waals surface area contributed by atoms with Crippen molar-refractivity contribution < 1.29 is 4.79 Å². The fourth-order valence-corrected chi connectivity index (χ4v) is 3.76. The highest BCUT2D eigenvalue weighted by molar-refractivity contribution is 5.94. The highest BCUT2D eigenvalue weighted by Crippen LogP contribution is 2.22. The van der Waals surface area contributed by atoms with Crippen LogP contribution in [0.4, 0.5) is 0 Å². The lowest BCUT2D eigenvalue weighted by atomic mass is 10.0. The smallest absolute Gasteiger partial charge is 0.253 e. The van der Waals surface area contributed by atoms with Gasteiger partial charge in [-0.1, -0.05) is 0 Å². The fourth-order valence-electron chi connectivity index (χ4n) is 3.76. The van der Waals surface area contributed by atoms with E-state index in [-0.39, 0.29) is 5.91 Å².